The Kier molecular flexibility index (Phi) is 14.0. The average molecular weight is 613 g/mol. The Labute approximate surface area is 255 Å². The van der Waals surface area contributed by atoms with Crippen LogP contribution < -0.4 is 11.5 Å². The zero-order valence-corrected chi connectivity index (χ0v) is 24.6. The fraction of sp³-hybridized carbons (Fsp3) is 0.438. The van der Waals surface area contributed by atoms with Gasteiger partial charge in [-0.3, -0.25) is 9.59 Å². The maximum atomic E-state index is 11.8. The van der Waals surface area contributed by atoms with Gasteiger partial charge in [0.25, 0.3) is 0 Å². The van der Waals surface area contributed by atoms with Crippen LogP contribution >= 0.6 is 0 Å². The summed E-state index contributed by atoms with van der Waals surface area (Å²) < 4.78 is 0. The molecule has 0 spiro atoms. The molecule has 0 bridgehead atoms. The molecule has 0 heterocycles. The van der Waals surface area contributed by atoms with Crippen molar-refractivity contribution in [3.8, 4) is 0 Å². The first-order chi connectivity index (χ1) is 20.9. The van der Waals surface area contributed by atoms with Gasteiger partial charge in [-0.05, 0) is 61.1 Å². The molecule has 2 aromatic carbocycles. The summed E-state index contributed by atoms with van der Waals surface area (Å²) in [5.41, 5.74) is 9.44. The molecule has 44 heavy (non-hydrogen) atoms. The van der Waals surface area contributed by atoms with Crippen molar-refractivity contribution in [1.29, 1.82) is 0 Å². The molecular formula is C32H40N2O10. The lowest BCUT2D eigenvalue weighted by Gasteiger charge is -2.13. The smallest absolute Gasteiger partial charge is 0.336 e. The zero-order chi connectivity index (χ0) is 32.8. The summed E-state index contributed by atoms with van der Waals surface area (Å²) >= 11 is 0. The number of amides is 2. The lowest BCUT2D eigenvalue weighted by Crippen LogP contribution is -2.20. The minimum Gasteiger partial charge on any atom is -0.478 e. The average Bonchev–Trinajstić information content (AvgIpc) is 2.95. The van der Waals surface area contributed by atoms with E-state index >= 15 is 0 Å². The molecule has 12 nitrogen and oxygen atoms in total. The van der Waals surface area contributed by atoms with Gasteiger partial charge in [0.05, 0.1) is 33.4 Å². The topological polar surface area (TPSA) is 235 Å². The molecule has 0 aliphatic carbocycles. The van der Waals surface area contributed by atoms with Gasteiger partial charge in [-0.1, -0.05) is 64.2 Å². The summed E-state index contributed by atoms with van der Waals surface area (Å²) in [6, 6.07) is 4.72. The molecule has 0 aliphatic heterocycles. The third kappa shape index (κ3) is 9.92. The van der Waals surface area contributed by atoms with Crippen LogP contribution in [0.4, 0.5) is 0 Å². The highest BCUT2D eigenvalue weighted by molar-refractivity contribution is 6.08. The maximum absolute atomic E-state index is 11.8. The summed E-state index contributed by atoms with van der Waals surface area (Å²) in [5, 5.41) is 38.1. The van der Waals surface area contributed by atoms with E-state index in [1.54, 1.807) is 0 Å². The fourth-order valence-electron chi connectivity index (χ4n) is 5.49. The highest BCUT2D eigenvalue weighted by Gasteiger charge is 2.25. The molecule has 2 aromatic rings. The lowest BCUT2D eigenvalue weighted by molar-refractivity contribution is 0.0671. The van der Waals surface area contributed by atoms with Crippen LogP contribution in [-0.2, 0) is 12.8 Å². The number of hydrogen-bond acceptors (Lipinski definition) is 6. The van der Waals surface area contributed by atoms with Crippen molar-refractivity contribution in [2.24, 2.45) is 11.5 Å². The van der Waals surface area contributed by atoms with Gasteiger partial charge in [-0.2, -0.15) is 0 Å². The third-order valence-corrected chi connectivity index (χ3v) is 7.65. The molecule has 0 atom stereocenters. The molecular weight excluding hydrogens is 572 g/mol. The number of aromatic carboxylic acids is 4. The van der Waals surface area contributed by atoms with Gasteiger partial charge in [0.1, 0.15) is 0 Å². The van der Waals surface area contributed by atoms with Gasteiger partial charge in [0.2, 0.25) is 11.8 Å². The summed E-state index contributed by atoms with van der Waals surface area (Å²) in [6.45, 7) is 0. The highest BCUT2D eigenvalue weighted by atomic mass is 16.4. The van der Waals surface area contributed by atoms with Crippen molar-refractivity contribution in [2.45, 2.75) is 89.9 Å². The van der Waals surface area contributed by atoms with Crippen molar-refractivity contribution < 1.29 is 49.2 Å². The summed E-state index contributed by atoms with van der Waals surface area (Å²) in [7, 11) is 0. The number of primary amides is 2. The number of carboxylic acid groups (broad SMARTS) is 4. The van der Waals surface area contributed by atoms with Crippen LogP contribution in [0.25, 0.3) is 0 Å². The standard InChI is InChI=1S/C32H40N2O10/c33-27(35)23-17-15-21(29(37)38)19(25(23)31(41)42)13-11-9-7-5-3-1-2-4-6-8-10-12-14-20-22(30(39)40)16-18-24(28(34)36)26(20)32(43)44/h15-18H,1-14H2,(H2,33,35)(H2,34,36)(H,37,38)(H,39,40)(H,41,42)(H,43,44). The first kappa shape index (κ1) is 35.5. The van der Waals surface area contributed by atoms with Crippen molar-refractivity contribution >= 4 is 35.7 Å². The van der Waals surface area contributed by atoms with E-state index in [9.17, 15) is 49.2 Å². The van der Waals surface area contributed by atoms with Gasteiger partial charge in [0, 0.05) is 0 Å². The fourth-order valence-corrected chi connectivity index (χ4v) is 5.49. The molecule has 0 unspecified atom stereocenters. The number of hydrogen-bond donors (Lipinski definition) is 6. The molecule has 0 aliphatic rings. The predicted molar refractivity (Wildman–Crippen MR) is 161 cm³/mol. The summed E-state index contributed by atoms with van der Waals surface area (Å²) in [5.74, 6) is -7.12. The van der Waals surface area contributed by atoms with E-state index in [0.29, 0.717) is 12.8 Å². The zero-order valence-electron chi connectivity index (χ0n) is 24.6. The molecule has 0 saturated heterocycles. The Balaban J connectivity index is 1.68. The van der Waals surface area contributed by atoms with Crippen molar-refractivity contribution in [3.63, 3.8) is 0 Å². The van der Waals surface area contributed by atoms with Crippen molar-refractivity contribution in [2.75, 3.05) is 0 Å². The number of unbranched alkanes of at least 4 members (excludes halogenated alkanes) is 11. The van der Waals surface area contributed by atoms with E-state index in [-0.39, 0.29) is 57.3 Å². The largest absolute Gasteiger partial charge is 0.478 e. The molecule has 0 saturated carbocycles. The molecule has 12 heteroatoms. The van der Waals surface area contributed by atoms with Crippen LogP contribution in [0, 0.1) is 0 Å². The quantitative estimate of drug-likeness (QED) is 0.101. The lowest BCUT2D eigenvalue weighted by atomic mass is 9.91. The molecule has 238 valence electrons. The Morgan fingerprint density at radius 1 is 0.409 bits per heavy atom. The van der Waals surface area contributed by atoms with Gasteiger partial charge in [-0.15, -0.1) is 0 Å². The molecule has 0 radical (unpaired) electrons. The highest BCUT2D eigenvalue weighted by Crippen LogP contribution is 2.25. The number of rotatable bonds is 21. The molecule has 0 fully saturated rings. The normalized spacial score (nSPS) is 10.8. The van der Waals surface area contributed by atoms with Gasteiger partial charge in [-0.25, -0.2) is 19.2 Å². The molecule has 2 rings (SSSR count). The maximum Gasteiger partial charge on any atom is 0.336 e. The first-order valence-electron chi connectivity index (χ1n) is 14.7. The first-order valence-corrected chi connectivity index (χ1v) is 14.7. The SMILES string of the molecule is NC(=O)c1ccc(C(=O)O)c(CCCCCCCCCCCCCCc2c(C(=O)O)ccc(C(N)=O)c2C(=O)O)c1C(=O)O. The number of carboxylic acids is 4. The van der Waals surface area contributed by atoms with E-state index in [0.717, 1.165) is 76.3 Å². The molecule has 8 N–H and O–H groups in total. The van der Waals surface area contributed by atoms with E-state index < -0.39 is 35.7 Å². The van der Waals surface area contributed by atoms with Crippen LogP contribution in [0.5, 0.6) is 0 Å². The second kappa shape index (κ2) is 17.4. The third-order valence-electron chi connectivity index (χ3n) is 7.65. The van der Waals surface area contributed by atoms with E-state index in [1.165, 1.54) is 12.1 Å². The van der Waals surface area contributed by atoms with E-state index in [4.69, 9.17) is 11.5 Å². The minimum absolute atomic E-state index is 0.116. The number of nitrogens with two attached hydrogens (primary N) is 2. The van der Waals surface area contributed by atoms with E-state index in [2.05, 4.69) is 0 Å². The second-order valence-electron chi connectivity index (χ2n) is 10.7. The summed E-state index contributed by atoms with van der Waals surface area (Å²) in [6.07, 6.45) is 11.1. The summed E-state index contributed by atoms with van der Waals surface area (Å²) in [4.78, 5) is 70.1. The molecule has 2 amide bonds. The van der Waals surface area contributed by atoms with Crippen LogP contribution in [0.2, 0.25) is 0 Å². The predicted octanol–water partition coefficient (Wildman–Crippen LogP) is 5.14. The van der Waals surface area contributed by atoms with Crippen LogP contribution in [0.1, 0.15) is 150 Å². The van der Waals surface area contributed by atoms with Crippen molar-refractivity contribution in [1.82, 2.24) is 0 Å². The Hall–Kier alpha value is -4.74. The van der Waals surface area contributed by atoms with Gasteiger partial charge >= 0.3 is 23.9 Å². The Morgan fingerprint density at radius 3 is 0.886 bits per heavy atom. The molecule has 0 aromatic heterocycles. The monoisotopic (exact) mass is 612 g/mol. The van der Waals surface area contributed by atoms with Crippen LogP contribution in [0.3, 0.4) is 0 Å². The Morgan fingerprint density at radius 2 is 0.659 bits per heavy atom. The second-order valence-corrected chi connectivity index (χ2v) is 10.7. The minimum atomic E-state index is -1.38. The van der Waals surface area contributed by atoms with Gasteiger partial charge < -0.3 is 31.9 Å². The number of carbonyl (C=O) groups is 6. The van der Waals surface area contributed by atoms with Crippen LogP contribution in [-0.4, -0.2) is 56.1 Å². The number of carbonyl (C=O) groups excluding carboxylic acids is 2. The van der Waals surface area contributed by atoms with Crippen LogP contribution in [0.15, 0.2) is 24.3 Å². The number of benzene rings is 2. The van der Waals surface area contributed by atoms with Gasteiger partial charge in [0.15, 0.2) is 0 Å². The van der Waals surface area contributed by atoms with E-state index in [1.807, 2.05) is 0 Å². The Bertz CT molecular complexity index is 1290. The van der Waals surface area contributed by atoms with Crippen molar-refractivity contribution in [3.05, 3.63) is 68.8 Å².